The molecule has 4 atom stereocenters. The molecule has 3 aromatic rings. The van der Waals surface area contributed by atoms with E-state index in [1.54, 1.807) is 18.6 Å². The van der Waals surface area contributed by atoms with E-state index >= 15 is 0 Å². The van der Waals surface area contributed by atoms with Gasteiger partial charge in [-0.05, 0) is 24.8 Å². The number of nitrogens with two attached hydrogens (primary N) is 1. The highest BCUT2D eigenvalue weighted by Gasteiger charge is 2.42. The lowest BCUT2D eigenvalue weighted by molar-refractivity contribution is -0.136. The fraction of sp³-hybridized carbons (Fsp3) is 0.529. The lowest BCUT2D eigenvalue weighted by Gasteiger charge is -2.20. The summed E-state index contributed by atoms with van der Waals surface area (Å²) in [5, 5.41) is 3.31. The number of nitrogens with one attached hydrogen (secondary N) is 1. The Morgan fingerprint density at radius 1 is 1.38 bits per heavy atom. The Labute approximate surface area is 164 Å². The number of H-pyrrole nitrogens is 1. The Morgan fingerprint density at radius 3 is 2.83 bits per heavy atom. The predicted octanol–water partition coefficient (Wildman–Crippen LogP) is 2.68. The average Bonchev–Trinajstić information content (AvgIpc) is 3.28. The topological polar surface area (TPSA) is 115 Å². The van der Waals surface area contributed by atoms with Gasteiger partial charge in [0.05, 0.1) is 41.4 Å². The number of nitrogens with zero attached hydrogens (tertiary/aromatic N) is 3. The van der Waals surface area contributed by atoms with E-state index in [2.05, 4.69) is 15.0 Å². The first-order chi connectivity index (χ1) is 13.5. The second kappa shape index (κ2) is 6.96. The van der Waals surface area contributed by atoms with Gasteiger partial charge in [-0.3, -0.25) is 4.40 Å². The minimum absolute atomic E-state index is 0.0472. The number of imidazole rings is 1. The van der Waals surface area contributed by atoms with Crippen LogP contribution in [0.1, 0.15) is 38.0 Å². The second-order valence-electron chi connectivity index (χ2n) is 7.50. The fourth-order valence-corrected chi connectivity index (χ4v) is 4.93. The van der Waals surface area contributed by atoms with Crippen molar-refractivity contribution in [1.82, 2.24) is 19.4 Å². The van der Waals surface area contributed by atoms with Crippen LogP contribution in [0.2, 0.25) is 0 Å². The Balaban J connectivity index is 1.61. The van der Waals surface area contributed by atoms with Crippen LogP contribution in [0.4, 0.5) is 13.2 Å². The zero-order valence-corrected chi connectivity index (χ0v) is 16.2. The lowest BCUT2D eigenvalue weighted by Crippen LogP contribution is -2.35. The number of primary sulfonamides is 1. The van der Waals surface area contributed by atoms with Gasteiger partial charge in [-0.2, -0.15) is 13.2 Å². The van der Waals surface area contributed by atoms with Crippen molar-refractivity contribution in [2.45, 2.75) is 49.8 Å². The molecule has 0 aliphatic carbocycles. The fourth-order valence-electron chi connectivity index (χ4n) is 4.03. The molecule has 3 N–H and O–H groups in total. The number of hydrogen-bond donors (Lipinski definition) is 2. The van der Waals surface area contributed by atoms with Gasteiger partial charge in [0.15, 0.2) is 11.3 Å². The highest BCUT2D eigenvalue weighted by Crippen LogP contribution is 2.41. The molecule has 3 aromatic heterocycles. The van der Waals surface area contributed by atoms with Crippen molar-refractivity contribution < 1.29 is 26.3 Å². The third-order valence-electron chi connectivity index (χ3n) is 5.30. The molecular weight excluding hydrogens is 411 g/mol. The highest BCUT2D eigenvalue weighted by atomic mass is 32.2. The third kappa shape index (κ3) is 3.96. The summed E-state index contributed by atoms with van der Waals surface area (Å²) in [4.78, 5) is 11.6. The number of aromatic amines is 1. The Morgan fingerprint density at radius 2 is 2.14 bits per heavy atom. The molecule has 4 rings (SSSR count). The van der Waals surface area contributed by atoms with Crippen molar-refractivity contribution in [1.29, 1.82) is 0 Å². The maximum Gasteiger partial charge on any atom is 0.390 e. The molecule has 0 amide bonds. The van der Waals surface area contributed by atoms with Crippen molar-refractivity contribution in [3.8, 4) is 0 Å². The van der Waals surface area contributed by atoms with Gasteiger partial charge in [-0.1, -0.05) is 6.92 Å². The van der Waals surface area contributed by atoms with Crippen LogP contribution in [0.3, 0.4) is 0 Å². The Kier molecular flexibility index (Phi) is 4.82. The van der Waals surface area contributed by atoms with Gasteiger partial charge in [-0.25, -0.2) is 23.5 Å². The van der Waals surface area contributed by atoms with E-state index in [0.29, 0.717) is 17.7 Å². The van der Waals surface area contributed by atoms with Crippen LogP contribution in [-0.4, -0.2) is 45.3 Å². The minimum atomic E-state index is -4.63. The average molecular weight is 431 g/mol. The molecule has 1 aliphatic heterocycles. The number of sulfonamides is 1. The monoisotopic (exact) mass is 431 g/mol. The van der Waals surface area contributed by atoms with Crippen molar-refractivity contribution >= 4 is 26.8 Å². The van der Waals surface area contributed by atoms with E-state index in [-0.39, 0.29) is 12.3 Å². The number of hydrogen-bond acceptors (Lipinski definition) is 5. The van der Waals surface area contributed by atoms with Crippen molar-refractivity contribution in [2.75, 3.05) is 0 Å². The van der Waals surface area contributed by atoms with Gasteiger partial charge >= 0.3 is 6.18 Å². The number of aromatic nitrogens is 4. The van der Waals surface area contributed by atoms with Crippen LogP contribution in [0.25, 0.3) is 16.8 Å². The summed E-state index contributed by atoms with van der Waals surface area (Å²) in [6.07, 6.45) is -2.10. The van der Waals surface area contributed by atoms with Crippen LogP contribution in [-0.2, 0) is 14.8 Å². The first kappa shape index (κ1) is 20.1. The van der Waals surface area contributed by atoms with E-state index in [0.717, 1.165) is 11.2 Å². The first-order valence-corrected chi connectivity index (χ1v) is 10.7. The molecule has 0 radical (unpaired) electrons. The standard InChI is InChI=1S/C17H20F3N5O3S/c1-9-4-10(5-11(29(21,26)27)6-17(18,19)20)28-15(9)13-7-23-14-8-24-16-12(25(13)14)2-3-22-16/h2-3,7-11,15,22H,4-6H2,1H3,(H2,21,26,27)/t9-,10-,11?,15+/m1/s1. The van der Waals surface area contributed by atoms with Crippen LogP contribution in [0, 0.1) is 5.92 Å². The van der Waals surface area contributed by atoms with Crippen LogP contribution in [0.5, 0.6) is 0 Å². The first-order valence-electron chi connectivity index (χ1n) is 9.06. The number of fused-ring (bicyclic) bond motifs is 3. The quantitative estimate of drug-likeness (QED) is 0.644. The smallest absolute Gasteiger partial charge is 0.368 e. The van der Waals surface area contributed by atoms with Crippen molar-refractivity contribution in [2.24, 2.45) is 11.1 Å². The lowest BCUT2D eigenvalue weighted by atomic mass is 9.98. The molecule has 1 fully saturated rings. The van der Waals surface area contributed by atoms with E-state index in [1.165, 1.54) is 0 Å². The Bertz CT molecular complexity index is 1140. The molecule has 1 aliphatic rings. The summed E-state index contributed by atoms with van der Waals surface area (Å²) < 4.78 is 69.6. The number of alkyl halides is 3. The molecular formula is C17H20F3N5O3S. The predicted molar refractivity (Wildman–Crippen MR) is 98.4 cm³/mol. The van der Waals surface area contributed by atoms with E-state index in [1.807, 2.05) is 17.4 Å². The normalized spacial score (nSPS) is 24.5. The van der Waals surface area contributed by atoms with Crippen LogP contribution in [0.15, 0.2) is 24.7 Å². The minimum Gasteiger partial charge on any atom is -0.368 e. The van der Waals surface area contributed by atoms with Crippen molar-refractivity contribution in [3.05, 3.63) is 30.4 Å². The molecule has 1 saturated heterocycles. The SMILES string of the molecule is C[C@@H]1C[C@H](CC(CC(F)(F)F)S(N)(=O)=O)O[C@@H]1c1cnc2cnc3[nH]ccc3n12. The summed E-state index contributed by atoms with van der Waals surface area (Å²) in [5.41, 5.74) is 2.82. The summed E-state index contributed by atoms with van der Waals surface area (Å²) in [6.45, 7) is 1.91. The van der Waals surface area contributed by atoms with E-state index in [4.69, 9.17) is 9.88 Å². The molecule has 0 aromatic carbocycles. The second-order valence-corrected chi connectivity index (χ2v) is 9.35. The molecule has 1 unspecified atom stereocenters. The van der Waals surface area contributed by atoms with Gasteiger partial charge in [0.25, 0.3) is 0 Å². The van der Waals surface area contributed by atoms with Crippen LogP contribution >= 0.6 is 0 Å². The molecule has 158 valence electrons. The third-order valence-corrected chi connectivity index (χ3v) is 6.59. The van der Waals surface area contributed by atoms with Gasteiger partial charge in [-0.15, -0.1) is 0 Å². The van der Waals surface area contributed by atoms with Crippen molar-refractivity contribution in [3.63, 3.8) is 0 Å². The number of halogens is 3. The summed E-state index contributed by atoms with van der Waals surface area (Å²) in [6, 6.07) is 1.85. The molecule has 0 bridgehead atoms. The molecule has 0 saturated carbocycles. The highest BCUT2D eigenvalue weighted by molar-refractivity contribution is 7.89. The maximum absolute atomic E-state index is 12.8. The summed E-state index contributed by atoms with van der Waals surface area (Å²) in [5.74, 6) is -0.0472. The number of rotatable bonds is 5. The zero-order valence-electron chi connectivity index (χ0n) is 15.4. The molecule has 0 spiro atoms. The van der Waals surface area contributed by atoms with Gasteiger partial charge < -0.3 is 9.72 Å². The maximum atomic E-state index is 12.8. The largest absolute Gasteiger partial charge is 0.390 e. The van der Waals surface area contributed by atoms with Gasteiger partial charge in [0.2, 0.25) is 10.0 Å². The molecule has 12 heteroatoms. The summed E-state index contributed by atoms with van der Waals surface area (Å²) in [7, 11) is -4.36. The van der Waals surface area contributed by atoms with E-state index < -0.39 is 40.1 Å². The molecule has 8 nitrogen and oxygen atoms in total. The zero-order chi connectivity index (χ0) is 21.0. The van der Waals surface area contributed by atoms with Crippen LogP contribution < -0.4 is 5.14 Å². The number of ether oxygens (including phenoxy) is 1. The molecule has 29 heavy (non-hydrogen) atoms. The van der Waals surface area contributed by atoms with Gasteiger partial charge in [0, 0.05) is 6.20 Å². The van der Waals surface area contributed by atoms with E-state index in [9.17, 15) is 21.6 Å². The van der Waals surface area contributed by atoms with Gasteiger partial charge in [0.1, 0.15) is 6.10 Å². The summed E-state index contributed by atoms with van der Waals surface area (Å²) >= 11 is 0. The Hall–Kier alpha value is -2.18. The molecule has 4 heterocycles.